The van der Waals surface area contributed by atoms with Crippen molar-refractivity contribution in [1.82, 2.24) is 0 Å². The second kappa shape index (κ2) is 5.38. The molecule has 0 atom stereocenters. The Morgan fingerprint density at radius 2 is 1.67 bits per heavy atom. The summed E-state index contributed by atoms with van der Waals surface area (Å²) in [7, 11) is 1.73. The van der Waals surface area contributed by atoms with E-state index in [1.54, 1.807) is 0 Å². The second-order valence-corrected chi connectivity index (χ2v) is 6.26. The van der Waals surface area contributed by atoms with E-state index < -0.39 is 9.05 Å². The summed E-state index contributed by atoms with van der Waals surface area (Å²) < 4.78 is 26.4. The van der Waals surface area contributed by atoms with Gasteiger partial charge in [-0.2, -0.15) is 0 Å². The Balaban J connectivity index is 2.45. The Morgan fingerprint density at radius 3 is 1.93 bits per heavy atom. The van der Waals surface area contributed by atoms with Crippen molar-refractivity contribution in [2.75, 3.05) is 41.2 Å². The molecule has 90 valence electrons. The van der Waals surface area contributed by atoms with Crippen LogP contribution in [0.15, 0.2) is 0 Å². The van der Waals surface area contributed by atoms with E-state index in [9.17, 15) is 0 Å². The monoisotopic (exact) mass is 236 g/mol. The van der Waals surface area contributed by atoms with Crippen molar-refractivity contribution in [2.24, 2.45) is 5.41 Å². The van der Waals surface area contributed by atoms with Crippen LogP contribution in [-0.2, 0) is 22.4 Å². The summed E-state index contributed by atoms with van der Waals surface area (Å²) in [5, 5.41) is 0. The summed E-state index contributed by atoms with van der Waals surface area (Å²) in [5.41, 5.74) is 0.119. The third kappa shape index (κ3) is 2.77. The Kier molecular flexibility index (Phi) is 4.69. The van der Waals surface area contributed by atoms with E-state index in [0.717, 1.165) is 19.6 Å². The molecule has 0 amide bonds. The first-order valence-corrected chi connectivity index (χ1v) is 6.66. The van der Waals surface area contributed by atoms with Crippen LogP contribution in [0.25, 0.3) is 0 Å². The van der Waals surface area contributed by atoms with Crippen molar-refractivity contribution < 1.29 is 22.4 Å². The smallest absolute Gasteiger partial charge is 0.380 e. The lowest BCUT2D eigenvalue weighted by Crippen LogP contribution is -2.53. The third-order valence-corrected chi connectivity index (χ3v) is 4.87. The molecule has 0 aromatic carbocycles. The standard InChI is InChI=1S/C9H20O5Si/c1-5-9(6-13-7-9)8-14-15(10-2,11-3)12-4/h5-8H2,1-4H3. The molecule has 15 heavy (non-hydrogen) atoms. The molecule has 0 bridgehead atoms. The van der Waals surface area contributed by atoms with E-state index >= 15 is 0 Å². The van der Waals surface area contributed by atoms with Crippen molar-refractivity contribution >= 4 is 9.05 Å². The quantitative estimate of drug-likeness (QED) is 0.612. The molecule has 1 heterocycles. The molecule has 0 unspecified atom stereocenters. The highest BCUT2D eigenvalue weighted by Gasteiger charge is 2.46. The molecule has 0 N–H and O–H groups in total. The Morgan fingerprint density at radius 1 is 1.13 bits per heavy atom. The molecule has 0 radical (unpaired) electrons. The van der Waals surface area contributed by atoms with Gasteiger partial charge >= 0.3 is 9.05 Å². The molecular formula is C9H20O5Si. The highest BCUT2D eigenvalue weighted by Crippen LogP contribution is 2.32. The topological polar surface area (TPSA) is 46.2 Å². The van der Waals surface area contributed by atoms with E-state index in [4.69, 9.17) is 22.4 Å². The lowest BCUT2D eigenvalue weighted by molar-refractivity contribution is -0.148. The fourth-order valence-electron chi connectivity index (χ4n) is 1.45. The van der Waals surface area contributed by atoms with Crippen molar-refractivity contribution in [2.45, 2.75) is 13.3 Å². The highest BCUT2D eigenvalue weighted by atomic mass is 28.4. The van der Waals surface area contributed by atoms with E-state index in [2.05, 4.69) is 6.92 Å². The van der Waals surface area contributed by atoms with Crippen LogP contribution < -0.4 is 0 Å². The third-order valence-electron chi connectivity index (χ3n) is 2.87. The van der Waals surface area contributed by atoms with Gasteiger partial charge in [-0.3, -0.25) is 0 Å². The molecule has 1 fully saturated rings. The van der Waals surface area contributed by atoms with Gasteiger partial charge in [0.25, 0.3) is 0 Å². The van der Waals surface area contributed by atoms with Gasteiger partial charge in [-0.05, 0) is 6.42 Å². The van der Waals surface area contributed by atoms with Crippen molar-refractivity contribution in [3.8, 4) is 0 Å². The van der Waals surface area contributed by atoms with Crippen LogP contribution in [0.5, 0.6) is 0 Å². The zero-order chi connectivity index (χ0) is 11.4. The SMILES string of the molecule is CCC1(CO[Si](OC)(OC)OC)COC1. The molecule has 1 aliphatic heterocycles. The summed E-state index contributed by atoms with van der Waals surface area (Å²) >= 11 is 0. The fourth-order valence-corrected chi connectivity index (χ4v) is 2.79. The van der Waals surface area contributed by atoms with Gasteiger partial charge < -0.3 is 22.4 Å². The van der Waals surface area contributed by atoms with Gasteiger partial charge in [-0.1, -0.05) is 6.92 Å². The summed E-state index contributed by atoms with van der Waals surface area (Å²) in [4.78, 5) is 0. The van der Waals surface area contributed by atoms with E-state index in [1.165, 1.54) is 21.3 Å². The molecule has 5 nitrogen and oxygen atoms in total. The number of hydrogen-bond acceptors (Lipinski definition) is 5. The maximum atomic E-state index is 5.67. The van der Waals surface area contributed by atoms with Gasteiger partial charge in [0.1, 0.15) is 0 Å². The predicted molar refractivity (Wildman–Crippen MR) is 56.3 cm³/mol. The molecule has 0 aromatic rings. The molecule has 0 aromatic heterocycles. The van der Waals surface area contributed by atoms with Crippen molar-refractivity contribution in [3.05, 3.63) is 0 Å². The Labute approximate surface area is 92.1 Å². The molecular weight excluding hydrogens is 216 g/mol. The molecule has 0 saturated carbocycles. The summed E-state index contributed by atoms with van der Waals surface area (Å²) in [6.45, 7) is 4.17. The Bertz CT molecular complexity index is 177. The van der Waals surface area contributed by atoms with Gasteiger partial charge in [-0.15, -0.1) is 0 Å². The first-order valence-electron chi connectivity index (χ1n) is 5.03. The number of hydrogen-bond donors (Lipinski definition) is 0. The second-order valence-electron chi connectivity index (χ2n) is 3.75. The number of rotatable bonds is 7. The zero-order valence-corrected chi connectivity index (χ0v) is 10.9. The van der Waals surface area contributed by atoms with E-state index in [0.29, 0.717) is 6.61 Å². The predicted octanol–water partition coefficient (Wildman–Crippen LogP) is 0.804. The van der Waals surface area contributed by atoms with Gasteiger partial charge in [0.15, 0.2) is 0 Å². The average molecular weight is 236 g/mol. The number of ether oxygens (including phenoxy) is 1. The maximum absolute atomic E-state index is 5.67. The molecule has 1 aliphatic rings. The maximum Gasteiger partial charge on any atom is 0.678 e. The summed E-state index contributed by atoms with van der Waals surface area (Å²) in [5.74, 6) is 0. The van der Waals surface area contributed by atoms with Gasteiger partial charge in [-0.25, -0.2) is 0 Å². The first kappa shape index (κ1) is 13.1. The van der Waals surface area contributed by atoms with Crippen LogP contribution in [0.4, 0.5) is 0 Å². The molecule has 6 heteroatoms. The Hall–Kier alpha value is 0.0169. The van der Waals surface area contributed by atoms with Crippen LogP contribution in [-0.4, -0.2) is 50.2 Å². The minimum atomic E-state index is -2.88. The van der Waals surface area contributed by atoms with Crippen molar-refractivity contribution in [1.29, 1.82) is 0 Å². The lowest BCUT2D eigenvalue weighted by Gasteiger charge is -2.41. The highest BCUT2D eigenvalue weighted by molar-refractivity contribution is 6.53. The molecule has 1 saturated heterocycles. The average Bonchev–Trinajstić information content (AvgIpc) is 2.24. The fraction of sp³-hybridized carbons (Fsp3) is 1.00. The van der Waals surface area contributed by atoms with E-state index in [-0.39, 0.29) is 5.41 Å². The van der Waals surface area contributed by atoms with Gasteiger partial charge in [0.2, 0.25) is 0 Å². The van der Waals surface area contributed by atoms with Crippen LogP contribution in [0.2, 0.25) is 0 Å². The lowest BCUT2D eigenvalue weighted by atomic mass is 9.84. The minimum absolute atomic E-state index is 0.119. The van der Waals surface area contributed by atoms with Crippen LogP contribution in [0.3, 0.4) is 0 Å². The summed E-state index contributed by atoms with van der Waals surface area (Å²) in [6, 6.07) is 0. The van der Waals surface area contributed by atoms with Crippen LogP contribution in [0, 0.1) is 5.41 Å². The first-order chi connectivity index (χ1) is 7.16. The van der Waals surface area contributed by atoms with Crippen LogP contribution in [0.1, 0.15) is 13.3 Å². The zero-order valence-electron chi connectivity index (χ0n) is 9.87. The van der Waals surface area contributed by atoms with Gasteiger partial charge in [0, 0.05) is 26.7 Å². The van der Waals surface area contributed by atoms with Gasteiger partial charge in [0.05, 0.1) is 19.8 Å². The molecule has 0 spiro atoms. The normalized spacial score (nSPS) is 20.0. The minimum Gasteiger partial charge on any atom is -0.380 e. The largest absolute Gasteiger partial charge is 0.678 e. The van der Waals surface area contributed by atoms with Crippen LogP contribution >= 0.6 is 0 Å². The van der Waals surface area contributed by atoms with E-state index in [1.807, 2.05) is 0 Å². The molecule has 1 rings (SSSR count). The molecule has 0 aliphatic carbocycles. The van der Waals surface area contributed by atoms with Crippen molar-refractivity contribution in [3.63, 3.8) is 0 Å². The summed E-state index contributed by atoms with van der Waals surface area (Å²) in [6.07, 6.45) is 1.02.